The Morgan fingerprint density at radius 3 is 2.39 bits per heavy atom. The Balaban J connectivity index is 1.88. The second-order valence-electron chi connectivity index (χ2n) is 7.78. The maximum absolute atomic E-state index is 13.4. The minimum atomic E-state index is -0.0392. The molecule has 0 saturated heterocycles. The number of pyridine rings is 1. The van der Waals surface area contributed by atoms with Crippen LogP contribution in [0.4, 0.5) is 0 Å². The Labute approximate surface area is 185 Å². The average Bonchev–Trinajstić information content (AvgIpc) is 2.81. The largest absolute Gasteiger partial charge is 0.290 e. The third-order valence-electron chi connectivity index (χ3n) is 5.85. The van der Waals surface area contributed by atoms with Gasteiger partial charge in [0.05, 0.1) is 11.1 Å². The molecule has 0 aliphatic heterocycles. The van der Waals surface area contributed by atoms with Crippen LogP contribution in [-0.4, -0.2) is 20.8 Å². The Bertz CT molecular complexity index is 1360. The van der Waals surface area contributed by atoms with Crippen molar-refractivity contribution in [1.82, 2.24) is 14.5 Å². The fourth-order valence-electron chi connectivity index (χ4n) is 4.39. The van der Waals surface area contributed by atoms with Crippen molar-refractivity contribution >= 4 is 34.4 Å². The first kappa shape index (κ1) is 19.8. The lowest BCUT2D eigenvalue weighted by Gasteiger charge is -2.23. The molecule has 2 aromatic heterocycles. The van der Waals surface area contributed by atoms with Gasteiger partial charge in [-0.15, -0.1) is 0 Å². The van der Waals surface area contributed by atoms with E-state index in [-0.39, 0.29) is 5.56 Å². The molecule has 31 heavy (non-hydrogen) atoms. The third-order valence-corrected chi connectivity index (χ3v) is 6.58. The maximum Gasteiger partial charge on any atom is 0.264 e. The van der Waals surface area contributed by atoms with Crippen LogP contribution in [0.5, 0.6) is 0 Å². The van der Waals surface area contributed by atoms with Crippen molar-refractivity contribution in [3.63, 3.8) is 0 Å². The van der Waals surface area contributed by atoms with Gasteiger partial charge in [-0.05, 0) is 53.9 Å². The molecule has 2 aromatic carbocycles. The van der Waals surface area contributed by atoms with Crippen LogP contribution in [-0.2, 0) is 13.5 Å². The van der Waals surface area contributed by atoms with Crippen molar-refractivity contribution in [3.05, 3.63) is 87.8 Å². The van der Waals surface area contributed by atoms with E-state index in [0.717, 1.165) is 47.2 Å². The van der Waals surface area contributed by atoms with Crippen LogP contribution in [0.15, 0.2) is 70.6 Å². The van der Waals surface area contributed by atoms with Gasteiger partial charge in [-0.2, -0.15) is 0 Å². The summed E-state index contributed by atoms with van der Waals surface area (Å²) in [5.41, 5.74) is 7.03. The number of rotatable bonds is 3. The molecule has 5 heteroatoms. The zero-order valence-corrected chi connectivity index (χ0v) is 18.4. The van der Waals surface area contributed by atoms with Gasteiger partial charge >= 0.3 is 0 Å². The minimum absolute atomic E-state index is 0.0392. The predicted octanol–water partition coefficient (Wildman–Crippen LogP) is 5.59. The van der Waals surface area contributed by atoms with E-state index < -0.39 is 0 Å². The van der Waals surface area contributed by atoms with Crippen LogP contribution >= 0.6 is 11.8 Å². The Morgan fingerprint density at radius 1 is 0.968 bits per heavy atom. The van der Waals surface area contributed by atoms with Crippen molar-refractivity contribution in [2.45, 2.75) is 24.4 Å². The molecule has 1 aliphatic carbocycles. The number of aromatic nitrogens is 3. The second-order valence-corrected chi connectivity index (χ2v) is 8.55. The van der Waals surface area contributed by atoms with Crippen LogP contribution in [0.1, 0.15) is 29.7 Å². The molecule has 0 unspecified atom stereocenters. The summed E-state index contributed by atoms with van der Waals surface area (Å²) >= 11 is 1.46. The molecule has 0 amide bonds. The molecule has 0 atom stereocenters. The summed E-state index contributed by atoms with van der Waals surface area (Å²) in [5.74, 6) is 0. The van der Waals surface area contributed by atoms with Gasteiger partial charge in [0.2, 0.25) is 0 Å². The van der Waals surface area contributed by atoms with Crippen molar-refractivity contribution in [2.24, 2.45) is 7.05 Å². The molecule has 154 valence electrons. The maximum atomic E-state index is 13.4. The fourth-order valence-corrected chi connectivity index (χ4v) is 4.93. The van der Waals surface area contributed by atoms with Gasteiger partial charge in [-0.3, -0.25) is 9.36 Å². The molecule has 0 bridgehead atoms. The highest BCUT2D eigenvalue weighted by Crippen LogP contribution is 2.39. The minimum Gasteiger partial charge on any atom is -0.290 e. The molecule has 0 spiro atoms. The first-order chi connectivity index (χ1) is 15.2. The molecule has 4 aromatic rings. The van der Waals surface area contributed by atoms with Crippen LogP contribution in [0.25, 0.3) is 33.8 Å². The van der Waals surface area contributed by atoms with E-state index in [2.05, 4.69) is 42.5 Å². The number of hydrogen-bond acceptors (Lipinski definition) is 4. The predicted molar refractivity (Wildman–Crippen MR) is 129 cm³/mol. The lowest BCUT2D eigenvalue weighted by molar-refractivity contribution is 0.722. The number of hydrogen-bond donors (Lipinski definition) is 0. The van der Waals surface area contributed by atoms with Crippen LogP contribution < -0.4 is 5.56 Å². The summed E-state index contributed by atoms with van der Waals surface area (Å²) in [5, 5.41) is 1.29. The van der Waals surface area contributed by atoms with Gasteiger partial charge in [0.1, 0.15) is 0 Å². The smallest absolute Gasteiger partial charge is 0.264 e. The zero-order chi connectivity index (χ0) is 21.4. The van der Waals surface area contributed by atoms with Gasteiger partial charge < -0.3 is 0 Å². The Kier molecular flexibility index (Phi) is 5.20. The van der Waals surface area contributed by atoms with Crippen molar-refractivity contribution in [1.29, 1.82) is 0 Å². The van der Waals surface area contributed by atoms with Crippen molar-refractivity contribution in [2.75, 3.05) is 6.26 Å². The fraction of sp³-hybridized carbons (Fsp3) is 0.192. The number of allylic oxidation sites excluding steroid dienone is 1. The molecule has 0 fully saturated rings. The Morgan fingerprint density at radius 2 is 1.68 bits per heavy atom. The van der Waals surface area contributed by atoms with E-state index in [1.165, 1.54) is 17.3 Å². The van der Waals surface area contributed by atoms with Gasteiger partial charge in [0.25, 0.3) is 5.56 Å². The highest BCUT2D eigenvalue weighted by molar-refractivity contribution is 7.98. The standard InChI is InChI=1S/C26H23N3OS/c1-29-25(30)22-21(18-12-7-4-8-13-18)20-15-9-14-19(16-17-10-5-3-6-11-17)23(20)27-24(22)28-26(29)31-2/h3-8,10-13,16H,9,14-15H2,1-2H3/b19-16+. The van der Waals surface area contributed by atoms with Crippen LogP contribution in [0, 0.1) is 0 Å². The number of nitrogens with zero attached hydrogens (tertiary/aromatic N) is 3. The van der Waals surface area contributed by atoms with Gasteiger partial charge in [-0.1, -0.05) is 72.4 Å². The van der Waals surface area contributed by atoms with E-state index in [0.29, 0.717) is 16.2 Å². The van der Waals surface area contributed by atoms with E-state index in [1.54, 1.807) is 11.6 Å². The molecular weight excluding hydrogens is 402 g/mol. The summed E-state index contributed by atoms with van der Waals surface area (Å²) in [6, 6.07) is 20.5. The topological polar surface area (TPSA) is 47.8 Å². The molecule has 2 heterocycles. The Hall–Kier alpha value is -3.18. The summed E-state index contributed by atoms with van der Waals surface area (Å²) in [6.45, 7) is 0. The SMILES string of the molecule is CSc1nc2nc3c(c(-c4ccccc4)c2c(=O)n1C)CCC/C3=C\c1ccccc1. The molecule has 5 rings (SSSR count). The quantitative estimate of drug-likeness (QED) is 0.317. The normalized spacial score (nSPS) is 14.7. The third kappa shape index (κ3) is 3.49. The summed E-state index contributed by atoms with van der Waals surface area (Å²) in [4.78, 5) is 23.2. The van der Waals surface area contributed by atoms with E-state index in [1.807, 2.05) is 30.5 Å². The first-order valence-corrected chi connectivity index (χ1v) is 11.7. The van der Waals surface area contributed by atoms with Crippen molar-refractivity contribution in [3.8, 4) is 11.1 Å². The highest BCUT2D eigenvalue weighted by Gasteiger charge is 2.25. The van der Waals surface area contributed by atoms with E-state index in [4.69, 9.17) is 9.97 Å². The molecule has 0 N–H and O–H groups in total. The lowest BCUT2D eigenvalue weighted by atomic mass is 9.84. The molecule has 1 aliphatic rings. The van der Waals surface area contributed by atoms with Gasteiger partial charge in [0, 0.05) is 12.6 Å². The van der Waals surface area contributed by atoms with Gasteiger partial charge in [-0.25, -0.2) is 9.97 Å². The monoisotopic (exact) mass is 425 g/mol. The molecule has 4 nitrogen and oxygen atoms in total. The average molecular weight is 426 g/mol. The van der Waals surface area contributed by atoms with E-state index >= 15 is 0 Å². The van der Waals surface area contributed by atoms with Crippen LogP contribution in [0.2, 0.25) is 0 Å². The van der Waals surface area contributed by atoms with Crippen molar-refractivity contribution < 1.29 is 0 Å². The molecule has 0 radical (unpaired) electrons. The molecular formula is C26H23N3OS. The number of thioether (sulfide) groups is 1. The summed E-state index contributed by atoms with van der Waals surface area (Å²) in [6.07, 6.45) is 7.07. The van der Waals surface area contributed by atoms with Gasteiger partial charge in [0.15, 0.2) is 10.8 Å². The number of benzene rings is 2. The lowest BCUT2D eigenvalue weighted by Crippen LogP contribution is -2.22. The van der Waals surface area contributed by atoms with Crippen LogP contribution in [0.3, 0.4) is 0 Å². The first-order valence-electron chi connectivity index (χ1n) is 10.5. The summed E-state index contributed by atoms with van der Waals surface area (Å²) < 4.78 is 1.64. The summed E-state index contributed by atoms with van der Waals surface area (Å²) in [7, 11) is 1.79. The second kappa shape index (κ2) is 8.16. The highest BCUT2D eigenvalue weighted by atomic mass is 32.2. The number of fused-ring (bicyclic) bond motifs is 2. The molecule has 0 saturated carbocycles. The zero-order valence-electron chi connectivity index (χ0n) is 17.6. The van der Waals surface area contributed by atoms with E-state index in [9.17, 15) is 4.79 Å².